The molecule has 1 N–H and O–H groups in total. The van der Waals surface area contributed by atoms with Crippen molar-refractivity contribution in [3.8, 4) is 0 Å². The standard InChI is InChI=1S/C15H16F3NO/c1-2-3-4-5-14(20)19-11-10-12-6-8-13(9-7-12)15(16,17)18/h2-9H,10-11H2,1H3,(H,19,20). The van der Waals surface area contributed by atoms with Crippen molar-refractivity contribution in [3.05, 3.63) is 59.7 Å². The van der Waals surface area contributed by atoms with E-state index in [1.54, 1.807) is 18.2 Å². The molecule has 1 amide bonds. The van der Waals surface area contributed by atoms with Gasteiger partial charge in [0.1, 0.15) is 0 Å². The van der Waals surface area contributed by atoms with Crippen molar-refractivity contribution in [2.45, 2.75) is 19.5 Å². The van der Waals surface area contributed by atoms with E-state index in [1.807, 2.05) is 6.92 Å². The molecular formula is C15H16F3NO. The third-order valence-electron chi connectivity index (χ3n) is 2.55. The zero-order valence-corrected chi connectivity index (χ0v) is 11.1. The van der Waals surface area contributed by atoms with Gasteiger partial charge in [0.05, 0.1) is 5.56 Å². The maximum absolute atomic E-state index is 12.4. The first-order valence-corrected chi connectivity index (χ1v) is 6.17. The number of halogens is 3. The second-order valence-corrected chi connectivity index (χ2v) is 4.12. The Balaban J connectivity index is 2.41. The fourth-order valence-corrected chi connectivity index (χ4v) is 1.50. The van der Waals surface area contributed by atoms with E-state index in [0.717, 1.165) is 17.7 Å². The number of hydrogen-bond donors (Lipinski definition) is 1. The van der Waals surface area contributed by atoms with Crippen LogP contribution in [-0.4, -0.2) is 12.5 Å². The Bertz CT molecular complexity index is 487. The van der Waals surface area contributed by atoms with Gasteiger partial charge in [0.2, 0.25) is 5.91 Å². The van der Waals surface area contributed by atoms with Gasteiger partial charge in [-0.1, -0.05) is 30.4 Å². The van der Waals surface area contributed by atoms with Crippen molar-refractivity contribution < 1.29 is 18.0 Å². The summed E-state index contributed by atoms with van der Waals surface area (Å²) in [5.41, 5.74) is 0.0790. The van der Waals surface area contributed by atoms with E-state index >= 15 is 0 Å². The van der Waals surface area contributed by atoms with Crippen LogP contribution in [0.2, 0.25) is 0 Å². The molecule has 5 heteroatoms. The molecule has 0 bridgehead atoms. The number of hydrogen-bond acceptors (Lipinski definition) is 1. The highest BCUT2D eigenvalue weighted by atomic mass is 19.4. The molecular weight excluding hydrogens is 267 g/mol. The quantitative estimate of drug-likeness (QED) is 0.650. The van der Waals surface area contributed by atoms with Gasteiger partial charge in [0.15, 0.2) is 0 Å². The van der Waals surface area contributed by atoms with Crippen LogP contribution >= 0.6 is 0 Å². The first kappa shape index (κ1) is 16.0. The smallest absolute Gasteiger partial charge is 0.352 e. The molecule has 0 unspecified atom stereocenters. The Hall–Kier alpha value is -2.04. The number of alkyl halides is 3. The van der Waals surface area contributed by atoms with Crippen molar-refractivity contribution in [2.24, 2.45) is 0 Å². The number of carbonyl (C=O) groups is 1. The van der Waals surface area contributed by atoms with Gasteiger partial charge < -0.3 is 5.32 Å². The molecule has 20 heavy (non-hydrogen) atoms. The minimum atomic E-state index is -4.32. The van der Waals surface area contributed by atoms with Crippen LogP contribution in [0.4, 0.5) is 13.2 Å². The zero-order chi connectivity index (χ0) is 15.0. The van der Waals surface area contributed by atoms with Crippen LogP contribution in [-0.2, 0) is 17.4 Å². The second kappa shape index (κ2) is 7.53. The number of benzene rings is 1. The molecule has 0 aromatic heterocycles. The highest BCUT2D eigenvalue weighted by Crippen LogP contribution is 2.29. The van der Waals surface area contributed by atoms with E-state index in [4.69, 9.17) is 0 Å². The molecule has 2 nitrogen and oxygen atoms in total. The summed E-state index contributed by atoms with van der Waals surface area (Å²) < 4.78 is 37.1. The molecule has 0 aliphatic heterocycles. The molecule has 0 radical (unpaired) electrons. The van der Waals surface area contributed by atoms with Crippen molar-refractivity contribution >= 4 is 5.91 Å². The third-order valence-corrected chi connectivity index (χ3v) is 2.55. The molecule has 108 valence electrons. The minimum Gasteiger partial charge on any atom is -0.352 e. The van der Waals surface area contributed by atoms with Crippen molar-refractivity contribution in [1.29, 1.82) is 0 Å². The molecule has 1 rings (SSSR count). The van der Waals surface area contributed by atoms with E-state index in [2.05, 4.69) is 5.32 Å². The lowest BCUT2D eigenvalue weighted by Crippen LogP contribution is -2.23. The Morgan fingerprint density at radius 1 is 1.20 bits per heavy atom. The summed E-state index contributed by atoms with van der Waals surface area (Å²) in [6.45, 7) is 2.22. The summed E-state index contributed by atoms with van der Waals surface area (Å²) in [7, 11) is 0. The van der Waals surface area contributed by atoms with E-state index in [0.29, 0.717) is 13.0 Å². The molecule has 0 aliphatic carbocycles. The Labute approximate surface area is 116 Å². The van der Waals surface area contributed by atoms with Gasteiger partial charge in [-0.05, 0) is 31.0 Å². The number of amides is 1. The molecule has 0 fully saturated rings. The fraction of sp³-hybridized carbons (Fsp3) is 0.267. The van der Waals surface area contributed by atoms with Gasteiger partial charge in [0, 0.05) is 12.6 Å². The molecule has 0 aliphatic rings. The number of carbonyl (C=O) groups excluding carboxylic acids is 1. The van der Waals surface area contributed by atoms with Gasteiger partial charge in [-0.25, -0.2) is 0 Å². The second-order valence-electron chi connectivity index (χ2n) is 4.12. The summed E-state index contributed by atoms with van der Waals surface area (Å²) in [5.74, 6) is -0.227. The summed E-state index contributed by atoms with van der Waals surface area (Å²) >= 11 is 0. The van der Waals surface area contributed by atoms with Gasteiger partial charge in [0.25, 0.3) is 0 Å². The molecule has 0 saturated carbocycles. The molecule has 0 atom stereocenters. The van der Waals surface area contributed by atoms with Gasteiger partial charge in [-0.2, -0.15) is 13.2 Å². The Kier molecular flexibility index (Phi) is 6.03. The summed E-state index contributed by atoms with van der Waals surface area (Å²) in [4.78, 5) is 11.3. The molecule has 1 aromatic rings. The van der Waals surface area contributed by atoms with Crippen LogP contribution in [0, 0.1) is 0 Å². The van der Waals surface area contributed by atoms with E-state index in [-0.39, 0.29) is 5.91 Å². The monoisotopic (exact) mass is 283 g/mol. The number of allylic oxidation sites excluding steroid dienone is 3. The Morgan fingerprint density at radius 3 is 2.40 bits per heavy atom. The lowest BCUT2D eigenvalue weighted by molar-refractivity contribution is -0.137. The highest BCUT2D eigenvalue weighted by Gasteiger charge is 2.29. The van der Waals surface area contributed by atoms with Gasteiger partial charge in [-0.15, -0.1) is 0 Å². The average Bonchev–Trinajstić information content (AvgIpc) is 2.38. The van der Waals surface area contributed by atoms with Crippen LogP contribution in [0.1, 0.15) is 18.1 Å². The largest absolute Gasteiger partial charge is 0.416 e. The number of rotatable bonds is 5. The SMILES string of the molecule is CC=CC=CC(=O)NCCc1ccc(C(F)(F)F)cc1. The molecule has 1 aromatic carbocycles. The maximum atomic E-state index is 12.4. The summed E-state index contributed by atoms with van der Waals surface area (Å²) in [5, 5.41) is 2.65. The zero-order valence-electron chi connectivity index (χ0n) is 11.1. The maximum Gasteiger partial charge on any atom is 0.416 e. The predicted octanol–water partition coefficient (Wildman–Crippen LogP) is 3.50. The van der Waals surface area contributed by atoms with Crippen LogP contribution < -0.4 is 5.32 Å². The van der Waals surface area contributed by atoms with Crippen LogP contribution in [0.5, 0.6) is 0 Å². The normalized spacial score (nSPS) is 12.2. The lowest BCUT2D eigenvalue weighted by Gasteiger charge is -2.07. The summed E-state index contributed by atoms with van der Waals surface area (Å²) in [6, 6.07) is 4.93. The van der Waals surface area contributed by atoms with E-state index < -0.39 is 11.7 Å². The van der Waals surface area contributed by atoms with E-state index in [9.17, 15) is 18.0 Å². The van der Waals surface area contributed by atoms with E-state index in [1.165, 1.54) is 18.2 Å². The van der Waals surface area contributed by atoms with Crippen molar-refractivity contribution in [1.82, 2.24) is 5.32 Å². The lowest BCUT2D eigenvalue weighted by atomic mass is 10.1. The van der Waals surface area contributed by atoms with Crippen molar-refractivity contribution in [2.75, 3.05) is 6.54 Å². The molecule has 0 saturated heterocycles. The van der Waals surface area contributed by atoms with Crippen LogP contribution in [0.15, 0.2) is 48.6 Å². The molecule has 0 spiro atoms. The Morgan fingerprint density at radius 2 is 1.85 bits per heavy atom. The first-order chi connectivity index (χ1) is 9.43. The summed E-state index contributed by atoms with van der Waals surface area (Å²) in [6.07, 6.45) is 2.72. The first-order valence-electron chi connectivity index (χ1n) is 6.17. The van der Waals surface area contributed by atoms with Crippen LogP contribution in [0.3, 0.4) is 0 Å². The average molecular weight is 283 g/mol. The highest BCUT2D eigenvalue weighted by molar-refractivity contribution is 5.87. The predicted molar refractivity (Wildman–Crippen MR) is 72.1 cm³/mol. The fourth-order valence-electron chi connectivity index (χ4n) is 1.50. The van der Waals surface area contributed by atoms with Gasteiger partial charge in [-0.3, -0.25) is 4.79 Å². The van der Waals surface area contributed by atoms with Gasteiger partial charge >= 0.3 is 6.18 Å². The topological polar surface area (TPSA) is 29.1 Å². The van der Waals surface area contributed by atoms with Crippen molar-refractivity contribution in [3.63, 3.8) is 0 Å². The number of nitrogens with one attached hydrogen (secondary N) is 1. The minimum absolute atomic E-state index is 0.227. The molecule has 0 heterocycles. The third kappa shape index (κ3) is 5.73. The van der Waals surface area contributed by atoms with Crippen LogP contribution in [0.25, 0.3) is 0 Å².